The molecule has 0 saturated carbocycles. The van der Waals surface area contributed by atoms with Gasteiger partial charge in [0.1, 0.15) is 5.82 Å². The van der Waals surface area contributed by atoms with Crippen LogP contribution in [0.4, 0.5) is 4.39 Å². The maximum atomic E-state index is 13.2. The second kappa shape index (κ2) is 8.60. The Balaban J connectivity index is 1.85. The van der Waals surface area contributed by atoms with Crippen LogP contribution in [0.25, 0.3) is 0 Å². The van der Waals surface area contributed by atoms with Crippen LogP contribution in [0.15, 0.2) is 59.5 Å². The second-order valence-electron chi connectivity index (χ2n) is 6.21. The Bertz CT molecular complexity index is 866. The highest BCUT2D eigenvalue weighted by atomic mass is 32.2. The van der Waals surface area contributed by atoms with E-state index in [9.17, 15) is 17.6 Å². The molecular weight excluding hydrogens is 371 g/mol. The van der Waals surface area contributed by atoms with E-state index in [0.717, 1.165) is 4.31 Å². The Morgan fingerprint density at radius 2 is 1.67 bits per heavy atom. The summed E-state index contributed by atoms with van der Waals surface area (Å²) in [7, 11) is -3.88. The minimum atomic E-state index is -3.88. The average molecular weight is 392 g/mol. The third-order valence-corrected chi connectivity index (χ3v) is 6.13. The fourth-order valence-electron chi connectivity index (χ4n) is 2.82. The molecule has 1 aliphatic heterocycles. The number of hydrogen-bond donors (Lipinski definition) is 0. The van der Waals surface area contributed by atoms with Gasteiger partial charge in [-0.3, -0.25) is 4.79 Å². The number of carbonyl (C=O) groups is 1. The molecule has 0 bridgehead atoms. The summed E-state index contributed by atoms with van der Waals surface area (Å²) in [6, 6.07) is 13.5. The highest BCUT2D eigenvalue weighted by Gasteiger charge is 2.29. The number of nitrogens with zero attached hydrogens (tertiary/aromatic N) is 2. The Kier molecular flexibility index (Phi) is 6.20. The first-order valence-electron chi connectivity index (χ1n) is 8.62. The summed E-state index contributed by atoms with van der Waals surface area (Å²) >= 11 is 0. The number of rotatable bonds is 6. The van der Waals surface area contributed by atoms with E-state index in [-0.39, 0.29) is 23.9 Å². The van der Waals surface area contributed by atoms with Crippen molar-refractivity contribution in [2.75, 3.05) is 32.8 Å². The summed E-state index contributed by atoms with van der Waals surface area (Å²) in [5, 5.41) is 0. The molecule has 0 aromatic heterocycles. The van der Waals surface area contributed by atoms with Crippen LogP contribution in [0.2, 0.25) is 0 Å². The quantitative estimate of drug-likeness (QED) is 0.753. The summed E-state index contributed by atoms with van der Waals surface area (Å²) in [5.41, 5.74) is 0.602. The van der Waals surface area contributed by atoms with Crippen molar-refractivity contribution in [2.45, 2.75) is 11.4 Å². The van der Waals surface area contributed by atoms with Gasteiger partial charge in [0, 0.05) is 19.6 Å². The Morgan fingerprint density at radius 1 is 1.04 bits per heavy atom. The summed E-state index contributed by atoms with van der Waals surface area (Å²) in [6.07, 6.45) is 0. The van der Waals surface area contributed by atoms with Crippen molar-refractivity contribution in [1.82, 2.24) is 9.21 Å². The van der Waals surface area contributed by atoms with Gasteiger partial charge < -0.3 is 9.64 Å². The molecule has 3 rings (SSSR count). The molecule has 1 fully saturated rings. The van der Waals surface area contributed by atoms with Crippen LogP contribution in [0.3, 0.4) is 0 Å². The van der Waals surface area contributed by atoms with Crippen molar-refractivity contribution in [2.24, 2.45) is 0 Å². The molecule has 1 heterocycles. The lowest BCUT2D eigenvalue weighted by molar-refractivity contribution is -0.135. The van der Waals surface area contributed by atoms with Gasteiger partial charge in [0.25, 0.3) is 0 Å². The van der Waals surface area contributed by atoms with E-state index in [4.69, 9.17) is 4.74 Å². The fourth-order valence-corrected chi connectivity index (χ4v) is 4.22. The van der Waals surface area contributed by atoms with Gasteiger partial charge in [0.05, 0.1) is 24.7 Å². The summed E-state index contributed by atoms with van der Waals surface area (Å²) in [6.45, 7) is 1.45. The standard InChI is InChI=1S/C19H21FN2O4S/c20-17-8-6-16(7-9-17)14-22(15-19(23)21-10-12-26-13-11-21)27(24,25)18-4-2-1-3-5-18/h1-9H,10-15H2. The van der Waals surface area contributed by atoms with E-state index in [1.807, 2.05) is 0 Å². The number of hydrogen-bond acceptors (Lipinski definition) is 4. The van der Waals surface area contributed by atoms with Gasteiger partial charge in [-0.2, -0.15) is 4.31 Å². The van der Waals surface area contributed by atoms with E-state index in [0.29, 0.717) is 31.9 Å². The van der Waals surface area contributed by atoms with Gasteiger partial charge in [0.2, 0.25) is 15.9 Å². The van der Waals surface area contributed by atoms with Crippen LogP contribution in [-0.4, -0.2) is 56.4 Å². The number of halogens is 1. The summed E-state index contributed by atoms with van der Waals surface area (Å²) < 4.78 is 45.7. The third-order valence-electron chi connectivity index (χ3n) is 4.33. The zero-order valence-corrected chi connectivity index (χ0v) is 15.6. The molecule has 2 aromatic carbocycles. The minimum absolute atomic E-state index is 0.0203. The summed E-state index contributed by atoms with van der Waals surface area (Å²) in [4.78, 5) is 14.3. The number of ether oxygens (including phenoxy) is 1. The number of amides is 1. The van der Waals surface area contributed by atoms with Crippen LogP contribution in [-0.2, 0) is 26.1 Å². The molecule has 0 radical (unpaired) electrons. The fraction of sp³-hybridized carbons (Fsp3) is 0.316. The average Bonchev–Trinajstić information content (AvgIpc) is 2.70. The van der Waals surface area contributed by atoms with Gasteiger partial charge in [-0.1, -0.05) is 30.3 Å². The Morgan fingerprint density at radius 3 is 2.30 bits per heavy atom. The molecule has 0 spiro atoms. The minimum Gasteiger partial charge on any atom is -0.378 e. The van der Waals surface area contributed by atoms with Crippen molar-refractivity contribution in [3.8, 4) is 0 Å². The predicted octanol–water partition coefficient (Wildman–Crippen LogP) is 1.88. The van der Waals surface area contributed by atoms with Crippen molar-refractivity contribution < 1.29 is 22.3 Å². The lowest BCUT2D eigenvalue weighted by Gasteiger charge is -2.29. The van der Waals surface area contributed by atoms with Gasteiger partial charge in [-0.05, 0) is 29.8 Å². The van der Waals surface area contributed by atoms with E-state index in [2.05, 4.69) is 0 Å². The molecule has 1 aliphatic rings. The lowest BCUT2D eigenvalue weighted by Crippen LogP contribution is -2.46. The van der Waals surface area contributed by atoms with Crippen molar-refractivity contribution in [3.63, 3.8) is 0 Å². The van der Waals surface area contributed by atoms with Crippen LogP contribution >= 0.6 is 0 Å². The SMILES string of the molecule is O=C(CN(Cc1ccc(F)cc1)S(=O)(=O)c1ccccc1)N1CCOCC1. The number of sulfonamides is 1. The molecule has 1 saturated heterocycles. The first kappa shape index (κ1) is 19.5. The Labute approximate surface area is 158 Å². The van der Waals surface area contributed by atoms with Crippen molar-refractivity contribution in [1.29, 1.82) is 0 Å². The van der Waals surface area contributed by atoms with Crippen molar-refractivity contribution >= 4 is 15.9 Å². The van der Waals surface area contributed by atoms with Crippen LogP contribution in [0, 0.1) is 5.82 Å². The topological polar surface area (TPSA) is 66.9 Å². The second-order valence-corrected chi connectivity index (χ2v) is 8.14. The van der Waals surface area contributed by atoms with Crippen LogP contribution in [0.1, 0.15) is 5.56 Å². The Hall–Kier alpha value is -2.29. The van der Waals surface area contributed by atoms with Crippen LogP contribution < -0.4 is 0 Å². The first-order valence-corrected chi connectivity index (χ1v) is 10.1. The highest BCUT2D eigenvalue weighted by Crippen LogP contribution is 2.19. The van der Waals surface area contributed by atoms with E-state index in [1.54, 1.807) is 23.1 Å². The van der Waals surface area contributed by atoms with Crippen molar-refractivity contribution in [3.05, 3.63) is 66.0 Å². The monoisotopic (exact) mass is 392 g/mol. The maximum absolute atomic E-state index is 13.2. The molecule has 27 heavy (non-hydrogen) atoms. The number of carbonyl (C=O) groups excluding carboxylic acids is 1. The first-order chi connectivity index (χ1) is 13.0. The molecule has 0 unspecified atom stereocenters. The normalized spacial score (nSPS) is 15.1. The zero-order chi connectivity index (χ0) is 19.3. The van der Waals surface area contributed by atoms with Crippen LogP contribution in [0.5, 0.6) is 0 Å². The smallest absolute Gasteiger partial charge is 0.243 e. The molecule has 1 amide bonds. The summed E-state index contributed by atoms with van der Waals surface area (Å²) in [5.74, 6) is -0.680. The van der Waals surface area contributed by atoms with Gasteiger partial charge in [-0.25, -0.2) is 12.8 Å². The maximum Gasteiger partial charge on any atom is 0.243 e. The number of benzene rings is 2. The van der Waals surface area contributed by atoms with Gasteiger partial charge in [-0.15, -0.1) is 0 Å². The molecule has 6 nitrogen and oxygen atoms in total. The molecule has 0 atom stereocenters. The van der Waals surface area contributed by atoms with E-state index < -0.39 is 15.8 Å². The van der Waals surface area contributed by atoms with Gasteiger partial charge in [0.15, 0.2) is 0 Å². The highest BCUT2D eigenvalue weighted by molar-refractivity contribution is 7.89. The third kappa shape index (κ3) is 4.91. The lowest BCUT2D eigenvalue weighted by atomic mass is 10.2. The molecule has 144 valence electrons. The molecule has 0 aliphatic carbocycles. The molecule has 2 aromatic rings. The largest absolute Gasteiger partial charge is 0.378 e. The number of morpholine rings is 1. The van der Waals surface area contributed by atoms with E-state index in [1.165, 1.54) is 36.4 Å². The molecule has 8 heteroatoms. The van der Waals surface area contributed by atoms with E-state index >= 15 is 0 Å². The molecular formula is C19H21FN2O4S. The van der Waals surface area contributed by atoms with Gasteiger partial charge >= 0.3 is 0 Å². The molecule has 0 N–H and O–H groups in total. The zero-order valence-electron chi connectivity index (χ0n) is 14.8. The predicted molar refractivity (Wildman–Crippen MR) is 97.8 cm³/mol.